The van der Waals surface area contributed by atoms with Crippen molar-refractivity contribution >= 4 is 34.1 Å². The predicted octanol–water partition coefficient (Wildman–Crippen LogP) is 2.96. The van der Waals surface area contributed by atoms with Crippen molar-refractivity contribution in [3.8, 4) is 0 Å². The van der Waals surface area contributed by atoms with Gasteiger partial charge < -0.3 is 10.2 Å². The van der Waals surface area contributed by atoms with Gasteiger partial charge in [0.2, 0.25) is 0 Å². The van der Waals surface area contributed by atoms with Crippen molar-refractivity contribution in [1.82, 2.24) is 10.6 Å². The van der Waals surface area contributed by atoms with E-state index >= 15 is 0 Å². The van der Waals surface area contributed by atoms with Crippen molar-refractivity contribution in [2.45, 2.75) is 38.1 Å². The number of hydrogen-bond acceptors (Lipinski definition) is 4. The molecule has 0 unspecified atom stereocenters. The number of oxime groups is 1. The quantitative estimate of drug-likeness (QED) is 0.607. The minimum atomic E-state index is -0.522. The Morgan fingerprint density at radius 1 is 1.22 bits per heavy atom. The Balaban J connectivity index is 1.64. The molecule has 1 aromatic carbocycles. The number of carbonyl (C=O) groups is 2. The van der Waals surface area contributed by atoms with Gasteiger partial charge in [-0.1, -0.05) is 52.5 Å². The van der Waals surface area contributed by atoms with E-state index in [4.69, 9.17) is 4.84 Å². The van der Waals surface area contributed by atoms with E-state index in [9.17, 15) is 9.59 Å². The molecule has 0 aliphatic heterocycles. The number of rotatable bonds is 5. The van der Waals surface area contributed by atoms with E-state index in [1.807, 2.05) is 24.3 Å². The highest BCUT2D eigenvalue weighted by Gasteiger charge is 2.16. The number of halogens is 1. The first-order valence-corrected chi connectivity index (χ1v) is 8.44. The second kappa shape index (κ2) is 9.29. The minimum Gasteiger partial charge on any atom is -0.386 e. The summed E-state index contributed by atoms with van der Waals surface area (Å²) >= 11 is 3.34. The monoisotopic (exact) mass is 381 g/mol. The lowest BCUT2D eigenvalue weighted by Crippen LogP contribution is -2.46. The molecule has 0 spiro atoms. The average molecular weight is 382 g/mol. The number of nitrogens with one attached hydrogen (secondary N) is 2. The van der Waals surface area contributed by atoms with Crippen LogP contribution in [-0.4, -0.2) is 30.8 Å². The zero-order valence-electron chi connectivity index (χ0n) is 12.8. The van der Waals surface area contributed by atoms with Gasteiger partial charge in [0.15, 0.2) is 6.61 Å². The predicted molar refractivity (Wildman–Crippen MR) is 91.2 cm³/mol. The van der Waals surface area contributed by atoms with Crippen LogP contribution in [0.15, 0.2) is 33.9 Å². The van der Waals surface area contributed by atoms with E-state index < -0.39 is 11.9 Å². The standard InChI is InChI=1S/C16H20BrN3O3/c17-13-8-6-12(7-9-13)10-18-23-11-15(21)20-16(22)19-14-4-2-1-3-5-14/h6-10,14H,1-5,11H2,(H2,19,20,21,22)/b18-10-. The van der Waals surface area contributed by atoms with Crippen LogP contribution in [0, 0.1) is 0 Å². The first kappa shape index (κ1) is 17.5. The molecular formula is C16H20BrN3O3. The van der Waals surface area contributed by atoms with Crippen molar-refractivity contribution in [1.29, 1.82) is 0 Å². The van der Waals surface area contributed by atoms with E-state index in [2.05, 4.69) is 31.7 Å². The maximum Gasteiger partial charge on any atom is 0.321 e. The number of imide groups is 1. The molecule has 124 valence electrons. The highest BCUT2D eigenvalue weighted by Crippen LogP contribution is 2.17. The Labute approximate surface area is 143 Å². The molecule has 2 N–H and O–H groups in total. The molecular weight excluding hydrogens is 362 g/mol. The zero-order chi connectivity index (χ0) is 16.5. The van der Waals surface area contributed by atoms with Gasteiger partial charge in [0.1, 0.15) is 0 Å². The second-order valence-electron chi connectivity index (χ2n) is 5.42. The van der Waals surface area contributed by atoms with Gasteiger partial charge in [0.05, 0.1) is 6.21 Å². The van der Waals surface area contributed by atoms with Crippen molar-refractivity contribution in [3.05, 3.63) is 34.3 Å². The van der Waals surface area contributed by atoms with Crippen LogP contribution in [0.1, 0.15) is 37.7 Å². The fourth-order valence-electron chi connectivity index (χ4n) is 2.37. The van der Waals surface area contributed by atoms with Gasteiger partial charge >= 0.3 is 6.03 Å². The third kappa shape index (κ3) is 6.81. The fourth-order valence-corrected chi connectivity index (χ4v) is 2.64. The lowest BCUT2D eigenvalue weighted by Gasteiger charge is -2.22. The molecule has 1 aliphatic rings. The number of nitrogens with zero attached hydrogens (tertiary/aromatic N) is 1. The number of hydrogen-bond donors (Lipinski definition) is 2. The van der Waals surface area contributed by atoms with Crippen LogP contribution in [0.2, 0.25) is 0 Å². The third-order valence-corrected chi connectivity index (χ3v) is 4.06. The van der Waals surface area contributed by atoms with E-state index in [1.54, 1.807) is 0 Å². The van der Waals surface area contributed by atoms with Gasteiger partial charge in [0.25, 0.3) is 5.91 Å². The van der Waals surface area contributed by atoms with Crippen molar-refractivity contribution in [2.75, 3.05) is 6.61 Å². The molecule has 0 saturated heterocycles. The van der Waals surface area contributed by atoms with Crippen molar-refractivity contribution < 1.29 is 14.4 Å². The SMILES string of the molecule is O=C(CO/N=C\c1ccc(Br)cc1)NC(=O)NC1CCCCC1. The molecule has 0 radical (unpaired) electrons. The summed E-state index contributed by atoms with van der Waals surface area (Å²) in [5.74, 6) is -0.522. The van der Waals surface area contributed by atoms with Crippen molar-refractivity contribution in [2.24, 2.45) is 5.16 Å². The number of urea groups is 1. The summed E-state index contributed by atoms with van der Waals surface area (Å²) in [7, 11) is 0. The van der Waals surface area contributed by atoms with E-state index in [0.717, 1.165) is 35.7 Å². The molecule has 3 amide bonds. The molecule has 2 rings (SSSR count). The summed E-state index contributed by atoms with van der Waals surface area (Å²) in [6.07, 6.45) is 6.88. The molecule has 1 aromatic rings. The summed E-state index contributed by atoms with van der Waals surface area (Å²) in [5.41, 5.74) is 0.851. The summed E-state index contributed by atoms with van der Waals surface area (Å²) < 4.78 is 0.971. The van der Waals surface area contributed by atoms with Gasteiger partial charge in [-0.2, -0.15) is 0 Å². The lowest BCUT2D eigenvalue weighted by molar-refractivity contribution is -0.124. The van der Waals surface area contributed by atoms with Crippen LogP contribution in [0.4, 0.5) is 4.79 Å². The molecule has 0 atom stereocenters. The molecule has 0 bridgehead atoms. The summed E-state index contributed by atoms with van der Waals surface area (Å²) in [4.78, 5) is 28.1. The fraction of sp³-hybridized carbons (Fsp3) is 0.438. The van der Waals surface area contributed by atoms with E-state index in [0.29, 0.717) is 0 Å². The zero-order valence-corrected chi connectivity index (χ0v) is 14.3. The van der Waals surface area contributed by atoms with Crippen LogP contribution in [0.5, 0.6) is 0 Å². The smallest absolute Gasteiger partial charge is 0.321 e. The first-order valence-electron chi connectivity index (χ1n) is 7.65. The largest absolute Gasteiger partial charge is 0.386 e. The third-order valence-electron chi connectivity index (χ3n) is 3.54. The number of carbonyl (C=O) groups excluding carboxylic acids is 2. The van der Waals surface area contributed by atoms with Gasteiger partial charge in [0, 0.05) is 10.5 Å². The van der Waals surface area contributed by atoms with E-state index in [-0.39, 0.29) is 12.6 Å². The molecule has 1 aliphatic carbocycles. The first-order chi connectivity index (χ1) is 11.1. The molecule has 7 heteroatoms. The van der Waals surface area contributed by atoms with E-state index in [1.165, 1.54) is 12.6 Å². The molecule has 0 heterocycles. The maximum atomic E-state index is 11.7. The van der Waals surface area contributed by atoms with Gasteiger partial charge in [-0.05, 0) is 30.5 Å². The van der Waals surface area contributed by atoms with Gasteiger partial charge in [-0.25, -0.2) is 4.79 Å². The summed E-state index contributed by atoms with van der Waals surface area (Å²) in [6, 6.07) is 7.16. The molecule has 1 fully saturated rings. The second-order valence-corrected chi connectivity index (χ2v) is 6.33. The summed E-state index contributed by atoms with van der Waals surface area (Å²) in [6.45, 7) is -0.300. The Bertz CT molecular complexity index is 554. The molecule has 1 saturated carbocycles. The van der Waals surface area contributed by atoms with Crippen molar-refractivity contribution in [3.63, 3.8) is 0 Å². The van der Waals surface area contributed by atoms with Crippen LogP contribution < -0.4 is 10.6 Å². The summed E-state index contributed by atoms with van der Waals surface area (Å²) in [5, 5.41) is 8.74. The van der Waals surface area contributed by atoms with Gasteiger partial charge in [-0.3, -0.25) is 10.1 Å². The van der Waals surface area contributed by atoms with Crippen LogP contribution in [-0.2, 0) is 9.63 Å². The molecule has 23 heavy (non-hydrogen) atoms. The number of amides is 3. The minimum absolute atomic E-state index is 0.160. The van der Waals surface area contributed by atoms with Crippen LogP contribution in [0.3, 0.4) is 0 Å². The number of benzene rings is 1. The normalized spacial score (nSPS) is 15.3. The van der Waals surface area contributed by atoms with Gasteiger partial charge in [-0.15, -0.1) is 0 Å². The Morgan fingerprint density at radius 2 is 1.91 bits per heavy atom. The maximum absolute atomic E-state index is 11.7. The van der Waals surface area contributed by atoms with Crippen LogP contribution >= 0.6 is 15.9 Å². The topological polar surface area (TPSA) is 79.8 Å². The Kier molecular flexibility index (Phi) is 7.06. The Hall–Kier alpha value is -1.89. The highest BCUT2D eigenvalue weighted by molar-refractivity contribution is 9.10. The lowest BCUT2D eigenvalue weighted by atomic mass is 9.96. The van der Waals surface area contributed by atoms with Crippen LogP contribution in [0.25, 0.3) is 0 Å². The Morgan fingerprint density at radius 3 is 2.61 bits per heavy atom. The highest BCUT2D eigenvalue weighted by atomic mass is 79.9. The average Bonchev–Trinajstić information content (AvgIpc) is 2.54. The molecule has 0 aromatic heterocycles. The molecule has 6 nitrogen and oxygen atoms in total.